The molecule has 0 saturated carbocycles. The van der Waals surface area contributed by atoms with Crippen LogP contribution in [0.2, 0.25) is 0 Å². The SMILES string of the molecule is O=C(O)c1ccc2nc(N3CC[C@@H](N4CCCCC4)C3)sc2c1. The summed E-state index contributed by atoms with van der Waals surface area (Å²) in [6.45, 7) is 4.57. The van der Waals surface area contributed by atoms with Crippen molar-refractivity contribution in [3.05, 3.63) is 23.8 Å². The smallest absolute Gasteiger partial charge is 0.335 e. The molecular weight excluding hydrogens is 310 g/mol. The van der Waals surface area contributed by atoms with Gasteiger partial charge in [-0.2, -0.15) is 0 Å². The van der Waals surface area contributed by atoms with Crippen LogP contribution in [0.5, 0.6) is 0 Å². The highest BCUT2D eigenvalue weighted by Crippen LogP contribution is 2.32. The van der Waals surface area contributed by atoms with Gasteiger partial charge < -0.3 is 10.0 Å². The van der Waals surface area contributed by atoms with Gasteiger partial charge in [0.2, 0.25) is 0 Å². The first-order chi connectivity index (χ1) is 11.2. The molecule has 1 atom stereocenters. The van der Waals surface area contributed by atoms with Crippen LogP contribution in [0.4, 0.5) is 5.13 Å². The Morgan fingerprint density at radius 2 is 2.04 bits per heavy atom. The highest BCUT2D eigenvalue weighted by atomic mass is 32.1. The van der Waals surface area contributed by atoms with E-state index < -0.39 is 5.97 Å². The zero-order valence-electron chi connectivity index (χ0n) is 13.1. The molecule has 2 fully saturated rings. The molecule has 1 aromatic carbocycles. The normalized spacial score (nSPS) is 22.8. The Morgan fingerprint density at radius 3 is 2.83 bits per heavy atom. The van der Waals surface area contributed by atoms with Crippen LogP contribution in [0.1, 0.15) is 36.0 Å². The Balaban J connectivity index is 1.52. The maximum atomic E-state index is 11.1. The number of fused-ring (bicyclic) bond motifs is 1. The van der Waals surface area contributed by atoms with Crippen molar-refractivity contribution < 1.29 is 9.90 Å². The van der Waals surface area contributed by atoms with E-state index in [0.717, 1.165) is 28.4 Å². The molecule has 2 aliphatic rings. The van der Waals surface area contributed by atoms with Crippen molar-refractivity contribution >= 4 is 32.7 Å². The third-order valence-corrected chi connectivity index (χ3v) is 6.04. The lowest BCUT2D eigenvalue weighted by atomic mass is 10.1. The number of carboxylic acid groups (broad SMARTS) is 1. The van der Waals surface area contributed by atoms with E-state index in [1.807, 2.05) is 6.07 Å². The molecule has 0 bridgehead atoms. The van der Waals surface area contributed by atoms with Gasteiger partial charge in [0.05, 0.1) is 15.8 Å². The molecular formula is C17H21N3O2S. The fraction of sp³-hybridized carbons (Fsp3) is 0.529. The lowest BCUT2D eigenvalue weighted by molar-refractivity contribution is 0.0697. The zero-order valence-corrected chi connectivity index (χ0v) is 13.9. The summed E-state index contributed by atoms with van der Waals surface area (Å²) < 4.78 is 0.960. The topological polar surface area (TPSA) is 56.7 Å². The molecule has 0 amide bonds. The molecule has 23 heavy (non-hydrogen) atoms. The first-order valence-electron chi connectivity index (χ1n) is 8.33. The molecule has 1 N–H and O–H groups in total. The number of anilines is 1. The molecule has 0 radical (unpaired) electrons. The molecule has 0 unspecified atom stereocenters. The van der Waals surface area contributed by atoms with E-state index >= 15 is 0 Å². The Bertz CT molecular complexity index is 724. The maximum absolute atomic E-state index is 11.1. The van der Waals surface area contributed by atoms with Gasteiger partial charge in [-0.25, -0.2) is 9.78 Å². The van der Waals surface area contributed by atoms with Crippen LogP contribution in [0.25, 0.3) is 10.2 Å². The Morgan fingerprint density at radius 1 is 1.22 bits per heavy atom. The number of thiazole rings is 1. The Labute approximate surface area is 139 Å². The summed E-state index contributed by atoms with van der Waals surface area (Å²) >= 11 is 1.61. The van der Waals surface area contributed by atoms with Crippen LogP contribution in [-0.4, -0.2) is 53.2 Å². The maximum Gasteiger partial charge on any atom is 0.335 e. The van der Waals surface area contributed by atoms with Gasteiger partial charge in [0, 0.05) is 19.1 Å². The van der Waals surface area contributed by atoms with Crippen molar-refractivity contribution in [2.24, 2.45) is 0 Å². The first-order valence-corrected chi connectivity index (χ1v) is 9.15. The molecule has 4 rings (SSSR count). The van der Waals surface area contributed by atoms with Gasteiger partial charge in [-0.05, 0) is 50.6 Å². The van der Waals surface area contributed by atoms with E-state index in [1.54, 1.807) is 23.5 Å². The number of hydrogen-bond acceptors (Lipinski definition) is 5. The van der Waals surface area contributed by atoms with Gasteiger partial charge in [-0.15, -0.1) is 0 Å². The molecule has 2 aromatic rings. The number of hydrogen-bond donors (Lipinski definition) is 1. The van der Waals surface area contributed by atoms with Crippen molar-refractivity contribution in [2.45, 2.75) is 31.7 Å². The molecule has 5 nitrogen and oxygen atoms in total. The number of carboxylic acids is 1. The van der Waals surface area contributed by atoms with Gasteiger partial charge in [0.1, 0.15) is 0 Å². The van der Waals surface area contributed by atoms with E-state index in [-0.39, 0.29) is 0 Å². The van der Waals surface area contributed by atoms with Crippen LogP contribution < -0.4 is 4.90 Å². The minimum absolute atomic E-state index is 0.334. The average molecular weight is 331 g/mol. The standard InChI is InChI=1S/C17H21N3O2S/c21-16(22)12-4-5-14-15(10-12)23-17(18-14)20-9-6-13(11-20)19-7-2-1-3-8-19/h4-5,10,13H,1-3,6-9,11H2,(H,21,22)/t13-/m1/s1. The summed E-state index contributed by atoms with van der Waals surface area (Å²) in [4.78, 5) is 20.8. The fourth-order valence-electron chi connectivity index (χ4n) is 3.68. The number of aromatic nitrogens is 1. The van der Waals surface area contributed by atoms with Crippen LogP contribution in [0, 0.1) is 0 Å². The van der Waals surface area contributed by atoms with Gasteiger partial charge in [0.25, 0.3) is 0 Å². The van der Waals surface area contributed by atoms with Gasteiger partial charge >= 0.3 is 5.97 Å². The van der Waals surface area contributed by atoms with Gasteiger partial charge in [-0.1, -0.05) is 17.8 Å². The number of likely N-dealkylation sites (tertiary alicyclic amines) is 1. The van der Waals surface area contributed by atoms with Crippen molar-refractivity contribution in [1.29, 1.82) is 0 Å². The summed E-state index contributed by atoms with van der Waals surface area (Å²) in [6.07, 6.45) is 5.23. The van der Waals surface area contributed by atoms with Crippen LogP contribution in [0.3, 0.4) is 0 Å². The summed E-state index contributed by atoms with van der Waals surface area (Å²) in [5, 5.41) is 10.1. The van der Waals surface area contributed by atoms with Crippen LogP contribution >= 0.6 is 11.3 Å². The second-order valence-corrected chi connectivity index (χ2v) is 7.48. The second-order valence-electron chi connectivity index (χ2n) is 6.47. The average Bonchev–Trinajstić information content (AvgIpc) is 3.21. The van der Waals surface area contributed by atoms with Crippen LogP contribution in [-0.2, 0) is 0 Å². The third-order valence-electron chi connectivity index (χ3n) is 4.97. The predicted octanol–water partition coefficient (Wildman–Crippen LogP) is 3.06. The number of nitrogens with zero attached hydrogens (tertiary/aromatic N) is 3. The minimum Gasteiger partial charge on any atom is -0.478 e. The summed E-state index contributed by atoms with van der Waals surface area (Å²) in [7, 11) is 0. The Hall–Kier alpha value is -1.66. The fourth-order valence-corrected chi connectivity index (χ4v) is 4.72. The van der Waals surface area contributed by atoms with Crippen molar-refractivity contribution in [3.8, 4) is 0 Å². The molecule has 6 heteroatoms. The number of carbonyl (C=O) groups is 1. The second kappa shape index (κ2) is 6.09. The summed E-state index contributed by atoms with van der Waals surface area (Å²) in [6, 6.07) is 5.83. The minimum atomic E-state index is -0.881. The van der Waals surface area contributed by atoms with Gasteiger partial charge in [0.15, 0.2) is 5.13 Å². The number of rotatable bonds is 3. The lowest BCUT2D eigenvalue weighted by Crippen LogP contribution is -2.40. The highest BCUT2D eigenvalue weighted by Gasteiger charge is 2.29. The molecule has 1 aromatic heterocycles. The monoisotopic (exact) mass is 331 g/mol. The quantitative estimate of drug-likeness (QED) is 0.937. The molecule has 0 aliphatic carbocycles. The zero-order chi connectivity index (χ0) is 15.8. The molecule has 2 aliphatic heterocycles. The number of benzene rings is 1. The third kappa shape index (κ3) is 2.93. The van der Waals surface area contributed by atoms with Crippen molar-refractivity contribution in [1.82, 2.24) is 9.88 Å². The number of aromatic carboxylic acids is 1. The largest absolute Gasteiger partial charge is 0.478 e. The Kier molecular flexibility index (Phi) is 3.95. The van der Waals surface area contributed by atoms with E-state index in [1.165, 1.54) is 38.8 Å². The van der Waals surface area contributed by atoms with Crippen molar-refractivity contribution in [3.63, 3.8) is 0 Å². The summed E-state index contributed by atoms with van der Waals surface area (Å²) in [5.74, 6) is -0.881. The van der Waals surface area contributed by atoms with E-state index in [0.29, 0.717) is 11.6 Å². The van der Waals surface area contributed by atoms with E-state index in [9.17, 15) is 4.79 Å². The van der Waals surface area contributed by atoms with E-state index in [4.69, 9.17) is 10.1 Å². The summed E-state index contributed by atoms with van der Waals surface area (Å²) in [5.41, 5.74) is 1.23. The highest BCUT2D eigenvalue weighted by molar-refractivity contribution is 7.22. The molecule has 122 valence electrons. The van der Waals surface area contributed by atoms with Crippen LogP contribution in [0.15, 0.2) is 18.2 Å². The number of piperidine rings is 1. The molecule has 3 heterocycles. The van der Waals surface area contributed by atoms with Gasteiger partial charge in [-0.3, -0.25) is 4.90 Å². The first kappa shape index (κ1) is 14.9. The molecule has 2 saturated heterocycles. The lowest BCUT2D eigenvalue weighted by Gasteiger charge is -2.32. The predicted molar refractivity (Wildman–Crippen MR) is 92.6 cm³/mol. The van der Waals surface area contributed by atoms with Crippen molar-refractivity contribution in [2.75, 3.05) is 31.1 Å². The molecule has 0 spiro atoms. The van der Waals surface area contributed by atoms with E-state index in [2.05, 4.69) is 9.80 Å².